The molecule has 33 heavy (non-hydrogen) atoms. The minimum Gasteiger partial charge on any atom is -0.393 e. The van der Waals surface area contributed by atoms with Gasteiger partial charge in [-0.25, -0.2) is 0 Å². The fraction of sp³-hybridized carbons (Fsp3) is 0.867. The molecule has 0 fully saturated rings. The van der Waals surface area contributed by atoms with Gasteiger partial charge in [0.1, 0.15) is 0 Å². The van der Waals surface area contributed by atoms with Crippen LogP contribution in [0.5, 0.6) is 0 Å². The zero-order chi connectivity index (χ0) is 24.2. The van der Waals surface area contributed by atoms with Gasteiger partial charge in [0.2, 0.25) is 0 Å². The Morgan fingerprint density at radius 3 is 1.18 bits per heavy atom. The van der Waals surface area contributed by atoms with Gasteiger partial charge in [-0.3, -0.25) is 9.59 Å². The molecule has 3 heteroatoms. The third-order valence-corrected chi connectivity index (χ3v) is 6.35. The number of ether oxygens (including phenoxy) is 1. The summed E-state index contributed by atoms with van der Waals surface area (Å²) in [7, 11) is 0. The van der Waals surface area contributed by atoms with Crippen LogP contribution in [0.3, 0.4) is 0 Å². The van der Waals surface area contributed by atoms with E-state index in [1.807, 2.05) is 0 Å². The average molecular weight is 465 g/mol. The molecule has 0 heterocycles. The van der Waals surface area contributed by atoms with Crippen molar-refractivity contribution in [3.8, 4) is 0 Å². The van der Waals surface area contributed by atoms with Crippen molar-refractivity contribution in [1.29, 1.82) is 0 Å². The smallest absolute Gasteiger partial charge is 0.313 e. The first-order valence-corrected chi connectivity index (χ1v) is 14.6. The van der Waals surface area contributed by atoms with Gasteiger partial charge in [0.15, 0.2) is 0 Å². The van der Waals surface area contributed by atoms with Gasteiger partial charge in [-0.1, -0.05) is 129 Å². The molecule has 194 valence electrons. The van der Waals surface area contributed by atoms with Crippen molar-refractivity contribution in [2.45, 2.75) is 168 Å². The third kappa shape index (κ3) is 27.0. The van der Waals surface area contributed by atoms with Crippen LogP contribution in [0.4, 0.5) is 0 Å². The molecular weight excluding hydrogens is 408 g/mol. The summed E-state index contributed by atoms with van der Waals surface area (Å²) in [6, 6.07) is 0. The summed E-state index contributed by atoms with van der Waals surface area (Å²) in [5.74, 6) is -0.696. The zero-order valence-corrected chi connectivity index (χ0v) is 22.4. The fourth-order valence-corrected chi connectivity index (χ4v) is 4.15. The van der Waals surface area contributed by atoms with E-state index in [0.29, 0.717) is 12.8 Å². The van der Waals surface area contributed by atoms with Crippen molar-refractivity contribution < 1.29 is 14.3 Å². The molecule has 0 aliphatic rings. The lowest BCUT2D eigenvalue weighted by molar-refractivity contribution is -0.159. The molecule has 0 N–H and O–H groups in total. The van der Waals surface area contributed by atoms with Crippen molar-refractivity contribution in [2.24, 2.45) is 0 Å². The number of esters is 2. The Morgan fingerprint density at radius 1 is 0.455 bits per heavy atom. The van der Waals surface area contributed by atoms with Crippen LogP contribution in [0, 0.1) is 0 Å². The standard InChI is InChI=1S/C30H56O3/c1-3-5-7-9-11-13-14-15-16-17-18-20-22-24-26-28-30(32)33-29(31)27-25-23-21-19-12-10-8-6-4-2/h18,20H,3-17,19,21-28H2,1-2H3/b20-18-. The summed E-state index contributed by atoms with van der Waals surface area (Å²) in [6.07, 6.45) is 32.5. The Balaban J connectivity index is 3.36. The molecular formula is C30H56O3. The van der Waals surface area contributed by atoms with Gasteiger partial charge in [-0.2, -0.15) is 0 Å². The topological polar surface area (TPSA) is 43.4 Å². The molecule has 0 aliphatic heterocycles. The molecule has 0 aliphatic carbocycles. The van der Waals surface area contributed by atoms with E-state index in [-0.39, 0.29) is 11.9 Å². The maximum atomic E-state index is 11.8. The van der Waals surface area contributed by atoms with E-state index in [9.17, 15) is 9.59 Å². The van der Waals surface area contributed by atoms with Gasteiger partial charge >= 0.3 is 11.9 Å². The quantitative estimate of drug-likeness (QED) is 0.0584. The minimum atomic E-state index is -0.352. The number of carbonyl (C=O) groups excluding carboxylic acids is 2. The SMILES string of the molecule is CCCCCCCCCCC/C=C\CCCCC(=O)OC(=O)CCCCCCCCCCC. The van der Waals surface area contributed by atoms with E-state index in [2.05, 4.69) is 26.0 Å². The van der Waals surface area contributed by atoms with Gasteiger partial charge < -0.3 is 4.74 Å². The predicted octanol–water partition coefficient (Wildman–Crippen LogP) is 10.0. The molecule has 0 bridgehead atoms. The molecule has 0 spiro atoms. The zero-order valence-electron chi connectivity index (χ0n) is 22.4. The Labute approximate surface area is 206 Å². The van der Waals surface area contributed by atoms with Gasteiger partial charge in [0, 0.05) is 12.8 Å². The molecule has 0 aromatic heterocycles. The second-order valence-corrected chi connectivity index (χ2v) is 9.76. The van der Waals surface area contributed by atoms with Crippen molar-refractivity contribution in [1.82, 2.24) is 0 Å². The molecule has 0 radical (unpaired) electrons. The van der Waals surface area contributed by atoms with E-state index in [1.54, 1.807) is 0 Å². The first-order chi connectivity index (χ1) is 16.2. The summed E-state index contributed by atoms with van der Waals surface area (Å²) < 4.78 is 4.95. The maximum absolute atomic E-state index is 11.8. The first kappa shape index (κ1) is 31.9. The number of carbonyl (C=O) groups is 2. The lowest BCUT2D eigenvalue weighted by Gasteiger charge is -2.04. The highest BCUT2D eigenvalue weighted by Gasteiger charge is 2.09. The lowest BCUT2D eigenvalue weighted by Crippen LogP contribution is -2.11. The van der Waals surface area contributed by atoms with Crippen LogP contribution in [0.15, 0.2) is 12.2 Å². The Kier molecular flexibility index (Phi) is 26.2. The molecule has 0 atom stereocenters. The Morgan fingerprint density at radius 2 is 0.758 bits per heavy atom. The molecule has 0 rings (SSSR count). The molecule has 0 aromatic rings. The second-order valence-electron chi connectivity index (χ2n) is 9.76. The van der Waals surface area contributed by atoms with Crippen molar-refractivity contribution in [3.63, 3.8) is 0 Å². The molecule has 0 saturated heterocycles. The fourth-order valence-electron chi connectivity index (χ4n) is 4.15. The number of unbranched alkanes of at least 4 members (excludes halogenated alkanes) is 19. The van der Waals surface area contributed by atoms with Crippen LogP contribution in [0.1, 0.15) is 168 Å². The van der Waals surface area contributed by atoms with Crippen LogP contribution < -0.4 is 0 Å². The highest BCUT2D eigenvalue weighted by atomic mass is 16.6. The minimum absolute atomic E-state index is 0.344. The number of rotatable bonds is 25. The molecule has 0 aromatic carbocycles. The van der Waals surface area contributed by atoms with Crippen LogP contribution in [-0.2, 0) is 14.3 Å². The van der Waals surface area contributed by atoms with Crippen LogP contribution in [0.25, 0.3) is 0 Å². The monoisotopic (exact) mass is 464 g/mol. The van der Waals surface area contributed by atoms with E-state index < -0.39 is 0 Å². The highest BCUT2D eigenvalue weighted by Crippen LogP contribution is 2.12. The van der Waals surface area contributed by atoms with E-state index in [4.69, 9.17) is 4.74 Å². The predicted molar refractivity (Wildman–Crippen MR) is 142 cm³/mol. The molecule has 3 nitrogen and oxygen atoms in total. The molecule has 0 unspecified atom stereocenters. The van der Waals surface area contributed by atoms with Crippen LogP contribution in [0.2, 0.25) is 0 Å². The number of allylic oxidation sites excluding steroid dienone is 2. The summed E-state index contributed by atoms with van der Waals surface area (Å²) in [6.45, 7) is 4.51. The lowest BCUT2D eigenvalue weighted by atomic mass is 10.1. The van der Waals surface area contributed by atoms with E-state index >= 15 is 0 Å². The maximum Gasteiger partial charge on any atom is 0.313 e. The molecule has 0 amide bonds. The van der Waals surface area contributed by atoms with Crippen LogP contribution >= 0.6 is 0 Å². The summed E-state index contributed by atoms with van der Waals surface area (Å²) in [4.78, 5) is 23.6. The van der Waals surface area contributed by atoms with E-state index in [1.165, 1.54) is 109 Å². The molecule has 0 saturated carbocycles. The van der Waals surface area contributed by atoms with Gasteiger partial charge in [-0.05, 0) is 38.5 Å². The normalized spacial score (nSPS) is 11.3. The van der Waals surface area contributed by atoms with Crippen molar-refractivity contribution >= 4 is 11.9 Å². The highest BCUT2D eigenvalue weighted by molar-refractivity contribution is 5.85. The van der Waals surface area contributed by atoms with Gasteiger partial charge in [0.25, 0.3) is 0 Å². The van der Waals surface area contributed by atoms with E-state index in [0.717, 1.165) is 32.1 Å². The van der Waals surface area contributed by atoms with Crippen molar-refractivity contribution in [2.75, 3.05) is 0 Å². The Hall–Kier alpha value is -1.12. The third-order valence-electron chi connectivity index (χ3n) is 6.35. The van der Waals surface area contributed by atoms with Gasteiger partial charge in [0.05, 0.1) is 0 Å². The largest absolute Gasteiger partial charge is 0.393 e. The first-order valence-electron chi connectivity index (χ1n) is 14.6. The second kappa shape index (κ2) is 27.1. The van der Waals surface area contributed by atoms with Crippen molar-refractivity contribution in [3.05, 3.63) is 12.2 Å². The number of hydrogen-bond donors (Lipinski definition) is 0. The average Bonchev–Trinajstić information content (AvgIpc) is 2.80. The Bertz CT molecular complexity index is 455. The van der Waals surface area contributed by atoms with Crippen LogP contribution in [-0.4, -0.2) is 11.9 Å². The summed E-state index contributed by atoms with van der Waals surface area (Å²) >= 11 is 0. The summed E-state index contributed by atoms with van der Waals surface area (Å²) in [5, 5.41) is 0. The summed E-state index contributed by atoms with van der Waals surface area (Å²) in [5.41, 5.74) is 0. The van der Waals surface area contributed by atoms with Gasteiger partial charge in [-0.15, -0.1) is 0 Å². The number of hydrogen-bond acceptors (Lipinski definition) is 3.